The van der Waals surface area contributed by atoms with Crippen LogP contribution in [-0.2, 0) is 5.41 Å². The van der Waals surface area contributed by atoms with Gasteiger partial charge in [-0.2, -0.15) is 0 Å². The summed E-state index contributed by atoms with van der Waals surface area (Å²) in [5.41, 5.74) is 3.23. The lowest BCUT2D eigenvalue weighted by Crippen LogP contribution is -2.37. The quantitative estimate of drug-likeness (QED) is 0.550. The second kappa shape index (κ2) is 6.91. The van der Waals surface area contributed by atoms with E-state index >= 15 is 0 Å². The van der Waals surface area contributed by atoms with Crippen molar-refractivity contribution < 1.29 is 0 Å². The summed E-state index contributed by atoms with van der Waals surface area (Å²) in [6.07, 6.45) is 1.20. The highest BCUT2D eigenvalue weighted by atomic mass is 32.2. The van der Waals surface area contributed by atoms with Crippen molar-refractivity contribution in [2.75, 3.05) is 5.75 Å². The average molecular weight is 313 g/mol. The van der Waals surface area contributed by atoms with E-state index in [9.17, 15) is 0 Å². The van der Waals surface area contributed by atoms with Gasteiger partial charge < -0.3 is 0 Å². The predicted octanol–water partition coefficient (Wildman–Crippen LogP) is 6.48. The molecule has 0 aromatic heterocycles. The molecule has 0 bridgehead atoms. The van der Waals surface area contributed by atoms with Gasteiger partial charge >= 0.3 is 0 Å². The lowest BCUT2D eigenvalue weighted by Gasteiger charge is -2.42. The van der Waals surface area contributed by atoms with Crippen molar-refractivity contribution in [3.63, 3.8) is 0 Å². The van der Waals surface area contributed by atoms with Crippen LogP contribution in [0.4, 0.5) is 0 Å². The van der Waals surface area contributed by atoms with Gasteiger partial charge in [-0.25, -0.2) is 0 Å². The van der Waals surface area contributed by atoms with Gasteiger partial charge in [-0.3, -0.25) is 0 Å². The molecule has 0 spiro atoms. The molecule has 2 aromatic rings. The topological polar surface area (TPSA) is 0 Å². The van der Waals surface area contributed by atoms with Gasteiger partial charge in [0.15, 0.2) is 0 Å². The highest BCUT2D eigenvalue weighted by molar-refractivity contribution is 7.99. The average Bonchev–Trinajstić information content (AvgIpc) is 2.50. The first kappa shape index (κ1) is 17.1. The number of thioether (sulfide) groups is 1. The zero-order valence-corrected chi connectivity index (χ0v) is 15.3. The fourth-order valence-corrected chi connectivity index (χ4v) is 4.00. The van der Waals surface area contributed by atoms with Crippen LogP contribution in [0.25, 0.3) is 0 Å². The maximum absolute atomic E-state index is 2.40. The number of benzene rings is 2. The number of hydrogen-bond donors (Lipinski definition) is 0. The van der Waals surface area contributed by atoms with E-state index < -0.39 is 0 Å². The molecule has 0 unspecified atom stereocenters. The highest BCUT2D eigenvalue weighted by Gasteiger charge is 2.37. The molecule has 0 N–H and O–H groups in total. The van der Waals surface area contributed by atoms with Gasteiger partial charge in [0.2, 0.25) is 0 Å². The van der Waals surface area contributed by atoms with E-state index in [0.717, 1.165) is 5.75 Å². The lowest BCUT2D eigenvalue weighted by atomic mass is 9.63. The van der Waals surface area contributed by atoms with E-state index in [1.807, 2.05) is 11.8 Å². The van der Waals surface area contributed by atoms with Crippen LogP contribution in [0.1, 0.15) is 45.2 Å². The van der Waals surface area contributed by atoms with E-state index in [1.165, 1.54) is 22.4 Å². The molecule has 0 aliphatic carbocycles. The van der Waals surface area contributed by atoms with Gasteiger partial charge in [-0.15, -0.1) is 11.8 Å². The molecular weight excluding hydrogens is 284 g/mol. The molecule has 0 aliphatic rings. The zero-order valence-electron chi connectivity index (χ0n) is 14.5. The number of aryl methyl sites for hydroxylation is 1. The third-order valence-electron chi connectivity index (χ3n) is 5.27. The third-order valence-corrected chi connectivity index (χ3v) is 6.44. The maximum atomic E-state index is 2.40. The van der Waals surface area contributed by atoms with Crippen LogP contribution in [-0.4, -0.2) is 5.75 Å². The summed E-state index contributed by atoms with van der Waals surface area (Å²) in [4.78, 5) is 1.41. The van der Waals surface area contributed by atoms with Crippen LogP contribution in [0.15, 0.2) is 59.5 Å². The van der Waals surface area contributed by atoms with Crippen molar-refractivity contribution in [2.45, 2.75) is 51.3 Å². The van der Waals surface area contributed by atoms with Crippen LogP contribution >= 0.6 is 11.8 Å². The summed E-state index contributed by atoms with van der Waals surface area (Å²) in [7, 11) is 0. The molecule has 0 fully saturated rings. The van der Waals surface area contributed by atoms with Crippen LogP contribution in [0.2, 0.25) is 0 Å². The molecule has 0 nitrogen and oxygen atoms in total. The van der Waals surface area contributed by atoms with E-state index in [1.54, 1.807) is 0 Å². The molecule has 0 atom stereocenters. The highest BCUT2D eigenvalue weighted by Crippen LogP contribution is 2.44. The summed E-state index contributed by atoms with van der Waals surface area (Å²) in [5.74, 6) is 1.16. The van der Waals surface area contributed by atoms with Crippen molar-refractivity contribution in [2.24, 2.45) is 5.41 Å². The molecule has 0 amide bonds. The SMILES string of the molecule is Cc1ccccc1SCCC(C)(C)C(C)(C)c1ccccc1. The molecule has 118 valence electrons. The molecule has 0 heterocycles. The Morgan fingerprint density at radius 1 is 0.818 bits per heavy atom. The van der Waals surface area contributed by atoms with Crippen molar-refractivity contribution in [1.82, 2.24) is 0 Å². The summed E-state index contributed by atoms with van der Waals surface area (Å²) in [6.45, 7) is 11.7. The number of rotatable bonds is 6. The predicted molar refractivity (Wildman–Crippen MR) is 99.8 cm³/mol. The summed E-state index contributed by atoms with van der Waals surface area (Å²) >= 11 is 1.99. The Morgan fingerprint density at radius 2 is 1.41 bits per heavy atom. The monoisotopic (exact) mass is 312 g/mol. The third kappa shape index (κ3) is 3.76. The van der Waals surface area contributed by atoms with Crippen molar-refractivity contribution in [3.05, 3.63) is 65.7 Å². The second-order valence-corrected chi connectivity index (χ2v) is 8.38. The first-order valence-corrected chi connectivity index (χ1v) is 9.07. The molecule has 0 aliphatic heterocycles. The van der Waals surface area contributed by atoms with Crippen molar-refractivity contribution >= 4 is 11.8 Å². The van der Waals surface area contributed by atoms with Crippen LogP contribution in [0.5, 0.6) is 0 Å². The van der Waals surface area contributed by atoms with Gasteiger partial charge in [-0.1, -0.05) is 76.2 Å². The lowest BCUT2D eigenvalue weighted by molar-refractivity contribution is 0.191. The molecule has 1 heteroatoms. The summed E-state index contributed by atoms with van der Waals surface area (Å²) in [5, 5.41) is 0. The Kier molecular flexibility index (Phi) is 5.39. The fourth-order valence-electron chi connectivity index (χ4n) is 2.69. The summed E-state index contributed by atoms with van der Waals surface area (Å²) in [6, 6.07) is 19.6. The molecule has 22 heavy (non-hydrogen) atoms. The van der Waals surface area contributed by atoms with Gasteiger partial charge in [0.05, 0.1) is 0 Å². The van der Waals surface area contributed by atoms with Crippen LogP contribution in [0, 0.1) is 12.3 Å². The second-order valence-electron chi connectivity index (χ2n) is 7.24. The molecule has 2 aromatic carbocycles. The Morgan fingerprint density at radius 3 is 2.05 bits per heavy atom. The first-order valence-electron chi connectivity index (χ1n) is 8.08. The standard InChI is InChI=1S/C21H28S/c1-17-11-9-10-14-19(17)22-16-15-20(2,3)21(4,5)18-12-7-6-8-13-18/h6-14H,15-16H2,1-5H3. The minimum Gasteiger partial charge on any atom is -0.126 e. The smallest absolute Gasteiger partial charge is 0.0101 e. The Hall–Kier alpha value is -1.21. The normalized spacial score (nSPS) is 12.4. The Labute approximate surface area is 140 Å². The van der Waals surface area contributed by atoms with Crippen LogP contribution in [0.3, 0.4) is 0 Å². The van der Waals surface area contributed by atoms with E-state index in [4.69, 9.17) is 0 Å². The molecule has 0 saturated heterocycles. The van der Waals surface area contributed by atoms with Crippen LogP contribution < -0.4 is 0 Å². The maximum Gasteiger partial charge on any atom is 0.0101 e. The summed E-state index contributed by atoms with van der Waals surface area (Å²) < 4.78 is 0. The molecule has 0 radical (unpaired) electrons. The first-order chi connectivity index (χ1) is 10.3. The zero-order chi connectivity index (χ0) is 16.2. The molecular formula is C21H28S. The molecule has 0 saturated carbocycles. The number of hydrogen-bond acceptors (Lipinski definition) is 1. The Balaban J connectivity index is 2.03. The van der Waals surface area contributed by atoms with E-state index in [-0.39, 0.29) is 10.8 Å². The van der Waals surface area contributed by atoms with Gasteiger partial charge in [0, 0.05) is 4.90 Å². The van der Waals surface area contributed by atoms with Gasteiger partial charge in [0.1, 0.15) is 0 Å². The van der Waals surface area contributed by atoms with E-state index in [0.29, 0.717) is 0 Å². The largest absolute Gasteiger partial charge is 0.126 e. The minimum atomic E-state index is 0.167. The Bertz CT molecular complexity index is 596. The molecule has 2 rings (SSSR count). The minimum absolute atomic E-state index is 0.167. The fraction of sp³-hybridized carbons (Fsp3) is 0.429. The van der Waals surface area contributed by atoms with Crippen molar-refractivity contribution in [3.8, 4) is 0 Å². The van der Waals surface area contributed by atoms with Gasteiger partial charge in [0.25, 0.3) is 0 Å². The van der Waals surface area contributed by atoms with Crippen molar-refractivity contribution in [1.29, 1.82) is 0 Å². The van der Waals surface area contributed by atoms with E-state index in [2.05, 4.69) is 89.2 Å². The van der Waals surface area contributed by atoms with Gasteiger partial charge in [-0.05, 0) is 47.1 Å².